The third-order valence-corrected chi connectivity index (χ3v) is 3.53. The fraction of sp³-hybridized carbons (Fsp3) is 0.0667. The van der Waals surface area contributed by atoms with Gasteiger partial charge in [-0.15, -0.1) is 0 Å². The lowest BCUT2D eigenvalue weighted by molar-refractivity contribution is 0.450. The second-order valence-corrected chi connectivity index (χ2v) is 5.12. The molecule has 2 heteroatoms. The van der Waals surface area contributed by atoms with E-state index in [9.17, 15) is 0 Å². The molecule has 0 bridgehead atoms. The van der Waals surface area contributed by atoms with Gasteiger partial charge in [-0.3, -0.25) is 0 Å². The summed E-state index contributed by atoms with van der Waals surface area (Å²) in [6.07, 6.45) is 0. The first-order chi connectivity index (χ1) is 8.42. The predicted octanol–water partition coefficient (Wildman–Crippen LogP) is 2.81. The van der Waals surface area contributed by atoms with Gasteiger partial charge in [0.15, 0.2) is 9.76 Å². The Kier molecular flexibility index (Phi) is 4.30. The van der Waals surface area contributed by atoms with Crippen molar-refractivity contribution in [1.29, 1.82) is 0 Å². The lowest BCUT2D eigenvalue weighted by Gasteiger charge is -2.08. The Morgan fingerprint density at radius 2 is 1.35 bits per heavy atom. The average Bonchev–Trinajstić information content (AvgIpc) is 2.42. The zero-order valence-electron chi connectivity index (χ0n) is 9.97. The van der Waals surface area contributed by atoms with Crippen LogP contribution in [-0.2, 0) is 4.43 Å². The number of benzene rings is 2. The van der Waals surface area contributed by atoms with Crippen molar-refractivity contribution >= 4 is 15.3 Å². The highest BCUT2D eigenvalue weighted by Crippen LogP contribution is 2.22. The average molecular weight is 240 g/mol. The van der Waals surface area contributed by atoms with Crippen molar-refractivity contribution in [3.8, 4) is 0 Å². The summed E-state index contributed by atoms with van der Waals surface area (Å²) < 4.78 is 5.28. The highest BCUT2D eigenvalue weighted by Gasteiger charge is 2.03. The Bertz CT molecular complexity index is 435. The monoisotopic (exact) mass is 240 g/mol. The molecule has 0 aliphatic rings. The molecule has 0 spiro atoms. The van der Waals surface area contributed by atoms with Gasteiger partial charge in [0.2, 0.25) is 0 Å². The topological polar surface area (TPSA) is 9.23 Å². The minimum Gasteiger partial charge on any atom is -0.422 e. The number of rotatable bonds is 4. The molecule has 2 aromatic carbocycles. The first-order valence-electron chi connectivity index (χ1n) is 5.72. The fourth-order valence-corrected chi connectivity index (χ4v) is 2.61. The third-order valence-electron chi connectivity index (χ3n) is 2.62. The molecule has 0 N–H and O–H groups in total. The highest BCUT2D eigenvalue weighted by molar-refractivity contribution is 6.37. The van der Waals surface area contributed by atoms with Gasteiger partial charge < -0.3 is 4.43 Å². The summed E-state index contributed by atoms with van der Waals surface area (Å²) in [4.78, 5) is 0. The Labute approximate surface area is 105 Å². The van der Waals surface area contributed by atoms with Crippen LogP contribution in [0.1, 0.15) is 11.1 Å². The SMILES string of the molecule is CO[SiH2]C=C(c1ccccc1)c1ccccc1. The van der Waals surface area contributed by atoms with E-state index in [0.29, 0.717) is 0 Å². The molecule has 0 saturated heterocycles. The van der Waals surface area contributed by atoms with E-state index in [-0.39, 0.29) is 0 Å². The van der Waals surface area contributed by atoms with Crippen LogP contribution in [0, 0.1) is 0 Å². The van der Waals surface area contributed by atoms with Crippen molar-refractivity contribution in [1.82, 2.24) is 0 Å². The van der Waals surface area contributed by atoms with E-state index < -0.39 is 9.76 Å². The summed E-state index contributed by atoms with van der Waals surface area (Å²) in [7, 11) is 1.20. The standard InChI is InChI=1S/C15H16OSi/c1-16-17-12-15(13-8-4-2-5-9-13)14-10-6-3-7-11-14/h2-12H,17H2,1H3. The van der Waals surface area contributed by atoms with E-state index in [1.54, 1.807) is 7.11 Å². The zero-order valence-corrected chi connectivity index (χ0v) is 11.4. The van der Waals surface area contributed by atoms with Crippen LogP contribution in [0.15, 0.2) is 66.4 Å². The van der Waals surface area contributed by atoms with Crippen molar-refractivity contribution in [3.63, 3.8) is 0 Å². The van der Waals surface area contributed by atoms with Crippen LogP contribution in [0.5, 0.6) is 0 Å². The van der Waals surface area contributed by atoms with E-state index in [0.717, 1.165) is 0 Å². The van der Waals surface area contributed by atoms with Crippen LogP contribution in [0.4, 0.5) is 0 Å². The highest BCUT2D eigenvalue weighted by atomic mass is 28.2. The minimum atomic E-state index is -0.575. The molecule has 0 amide bonds. The molecule has 2 rings (SSSR count). The van der Waals surface area contributed by atoms with E-state index in [1.807, 2.05) is 12.1 Å². The largest absolute Gasteiger partial charge is 0.422 e. The molecule has 0 saturated carbocycles. The van der Waals surface area contributed by atoms with Gasteiger partial charge in [-0.2, -0.15) is 0 Å². The summed E-state index contributed by atoms with van der Waals surface area (Å²) in [5.41, 5.74) is 6.04. The van der Waals surface area contributed by atoms with E-state index in [1.165, 1.54) is 16.7 Å². The summed E-state index contributed by atoms with van der Waals surface area (Å²) in [5, 5.41) is 0. The molecule has 0 heterocycles. The van der Waals surface area contributed by atoms with Gasteiger partial charge in [0.25, 0.3) is 0 Å². The Hall–Kier alpha value is -1.64. The zero-order chi connectivity index (χ0) is 11.9. The van der Waals surface area contributed by atoms with Gasteiger partial charge in [-0.25, -0.2) is 0 Å². The van der Waals surface area contributed by atoms with Gasteiger partial charge in [-0.1, -0.05) is 66.4 Å². The maximum atomic E-state index is 5.28. The van der Waals surface area contributed by atoms with Crippen LogP contribution >= 0.6 is 0 Å². The molecule has 1 nitrogen and oxygen atoms in total. The summed E-state index contributed by atoms with van der Waals surface area (Å²) in [6.45, 7) is 0. The van der Waals surface area contributed by atoms with E-state index >= 15 is 0 Å². The van der Waals surface area contributed by atoms with E-state index in [2.05, 4.69) is 54.2 Å². The van der Waals surface area contributed by atoms with Crippen LogP contribution in [0.3, 0.4) is 0 Å². The van der Waals surface area contributed by atoms with Gasteiger partial charge in [0.05, 0.1) is 0 Å². The fourth-order valence-electron chi connectivity index (χ4n) is 1.80. The molecule has 0 fully saturated rings. The van der Waals surface area contributed by atoms with Crippen molar-refractivity contribution in [3.05, 3.63) is 77.5 Å². The van der Waals surface area contributed by atoms with Crippen molar-refractivity contribution in [2.75, 3.05) is 7.11 Å². The van der Waals surface area contributed by atoms with Gasteiger partial charge in [0.1, 0.15) is 0 Å². The van der Waals surface area contributed by atoms with Gasteiger partial charge >= 0.3 is 0 Å². The molecule has 86 valence electrons. The van der Waals surface area contributed by atoms with Gasteiger partial charge in [0, 0.05) is 7.11 Å². The summed E-state index contributed by atoms with van der Waals surface area (Å²) in [6, 6.07) is 20.9. The number of hydrogen-bond acceptors (Lipinski definition) is 1. The smallest absolute Gasteiger partial charge is 0.185 e. The molecule has 2 aromatic rings. The molecule has 0 atom stereocenters. The van der Waals surface area contributed by atoms with Crippen LogP contribution in [-0.4, -0.2) is 16.9 Å². The molecular formula is C15H16OSi. The van der Waals surface area contributed by atoms with E-state index in [4.69, 9.17) is 4.43 Å². The summed E-state index contributed by atoms with van der Waals surface area (Å²) >= 11 is 0. The minimum absolute atomic E-state index is 0.575. The second kappa shape index (κ2) is 6.18. The number of hydrogen-bond donors (Lipinski definition) is 0. The van der Waals surface area contributed by atoms with Crippen molar-refractivity contribution in [2.45, 2.75) is 0 Å². The van der Waals surface area contributed by atoms with Gasteiger partial charge in [-0.05, 0) is 16.7 Å². The summed E-state index contributed by atoms with van der Waals surface area (Å²) in [5.74, 6) is 0. The van der Waals surface area contributed by atoms with Crippen LogP contribution in [0.2, 0.25) is 0 Å². The molecule has 0 aromatic heterocycles. The van der Waals surface area contributed by atoms with Crippen molar-refractivity contribution in [2.24, 2.45) is 0 Å². The quantitative estimate of drug-likeness (QED) is 0.747. The predicted molar refractivity (Wildman–Crippen MR) is 75.5 cm³/mol. The van der Waals surface area contributed by atoms with Crippen LogP contribution in [0.25, 0.3) is 5.57 Å². The van der Waals surface area contributed by atoms with Crippen molar-refractivity contribution < 1.29 is 4.43 Å². The normalized spacial score (nSPS) is 10.6. The molecule has 0 unspecified atom stereocenters. The molecule has 0 aliphatic carbocycles. The first-order valence-corrected chi connectivity index (χ1v) is 7.11. The third kappa shape index (κ3) is 3.16. The maximum absolute atomic E-state index is 5.28. The Morgan fingerprint density at radius 1 is 0.882 bits per heavy atom. The Balaban J connectivity index is 2.40. The molecule has 17 heavy (non-hydrogen) atoms. The maximum Gasteiger partial charge on any atom is 0.185 e. The molecular weight excluding hydrogens is 224 g/mol. The lowest BCUT2D eigenvalue weighted by Crippen LogP contribution is -1.94. The second-order valence-electron chi connectivity index (χ2n) is 3.81. The Morgan fingerprint density at radius 3 is 1.76 bits per heavy atom. The molecule has 0 radical (unpaired) electrons. The lowest BCUT2D eigenvalue weighted by atomic mass is 10.00. The van der Waals surface area contributed by atoms with Crippen LogP contribution < -0.4 is 0 Å². The molecule has 0 aliphatic heterocycles. The first kappa shape index (κ1) is 11.8.